The molecular weight excluding hydrogens is 446 g/mol. The van der Waals surface area contributed by atoms with Crippen LogP contribution in [0, 0.1) is 5.92 Å². The molecule has 8 N–H and O–H groups in total. The Hall–Kier alpha value is -3.48. The molecule has 1 fully saturated rings. The van der Waals surface area contributed by atoms with E-state index in [-0.39, 0.29) is 37.1 Å². The van der Waals surface area contributed by atoms with E-state index in [1.54, 1.807) is 13.8 Å². The third-order valence-electron chi connectivity index (χ3n) is 5.53. The van der Waals surface area contributed by atoms with Crippen molar-refractivity contribution in [3.05, 3.63) is 18.2 Å². The molecule has 1 aliphatic rings. The highest BCUT2D eigenvalue weighted by atomic mass is 16.4. The first-order valence-corrected chi connectivity index (χ1v) is 11.2. The van der Waals surface area contributed by atoms with Gasteiger partial charge in [0.15, 0.2) is 0 Å². The minimum absolute atomic E-state index is 0.00265. The molecule has 1 saturated heterocycles. The first-order valence-electron chi connectivity index (χ1n) is 11.2. The van der Waals surface area contributed by atoms with Gasteiger partial charge in [-0.05, 0) is 31.7 Å². The number of H-pyrrole nitrogens is 1. The van der Waals surface area contributed by atoms with E-state index in [9.17, 15) is 29.1 Å². The van der Waals surface area contributed by atoms with Gasteiger partial charge in [-0.2, -0.15) is 0 Å². The van der Waals surface area contributed by atoms with E-state index < -0.39 is 41.8 Å². The van der Waals surface area contributed by atoms with Gasteiger partial charge in [0.25, 0.3) is 0 Å². The van der Waals surface area contributed by atoms with Crippen LogP contribution >= 0.6 is 0 Å². The zero-order valence-corrected chi connectivity index (χ0v) is 19.3. The van der Waals surface area contributed by atoms with Gasteiger partial charge in [-0.1, -0.05) is 13.8 Å². The van der Waals surface area contributed by atoms with Crippen LogP contribution in [-0.4, -0.2) is 75.4 Å². The number of carboxylic acid groups (broad SMARTS) is 1. The van der Waals surface area contributed by atoms with Crippen molar-refractivity contribution < 1.29 is 29.1 Å². The van der Waals surface area contributed by atoms with Crippen molar-refractivity contribution in [1.29, 1.82) is 0 Å². The van der Waals surface area contributed by atoms with E-state index in [0.717, 1.165) is 13.0 Å². The maximum Gasteiger partial charge on any atom is 0.326 e. The molecule has 0 radical (unpaired) electrons. The minimum atomic E-state index is -1.37. The molecule has 0 saturated carbocycles. The van der Waals surface area contributed by atoms with Gasteiger partial charge >= 0.3 is 5.97 Å². The number of aromatic amines is 1. The van der Waals surface area contributed by atoms with Crippen LogP contribution in [0.25, 0.3) is 0 Å². The molecule has 188 valence electrons. The number of carbonyl (C=O) groups is 5. The highest BCUT2D eigenvalue weighted by Crippen LogP contribution is 2.09. The first-order chi connectivity index (χ1) is 16.1. The molecule has 4 atom stereocenters. The van der Waals surface area contributed by atoms with Gasteiger partial charge in [-0.15, -0.1) is 0 Å². The lowest BCUT2D eigenvalue weighted by atomic mass is 10.0. The molecule has 34 heavy (non-hydrogen) atoms. The van der Waals surface area contributed by atoms with Crippen molar-refractivity contribution in [3.63, 3.8) is 0 Å². The van der Waals surface area contributed by atoms with Crippen molar-refractivity contribution in [1.82, 2.24) is 31.2 Å². The number of primary amides is 1. The number of hydrogen-bond acceptors (Lipinski definition) is 7. The highest BCUT2D eigenvalue weighted by molar-refractivity contribution is 5.94. The Morgan fingerprint density at radius 1 is 1.15 bits per heavy atom. The lowest BCUT2D eigenvalue weighted by molar-refractivity contribution is -0.142. The van der Waals surface area contributed by atoms with Gasteiger partial charge in [-0.25, -0.2) is 9.78 Å². The molecule has 0 aliphatic carbocycles. The predicted molar refractivity (Wildman–Crippen MR) is 120 cm³/mol. The van der Waals surface area contributed by atoms with Gasteiger partial charge in [0.1, 0.15) is 18.1 Å². The Labute approximate surface area is 197 Å². The number of nitrogens with one attached hydrogen (secondary N) is 5. The fourth-order valence-corrected chi connectivity index (χ4v) is 3.60. The zero-order valence-electron chi connectivity index (χ0n) is 19.3. The summed E-state index contributed by atoms with van der Waals surface area (Å²) >= 11 is 0. The molecule has 2 rings (SSSR count). The summed E-state index contributed by atoms with van der Waals surface area (Å²) in [5, 5.41) is 20.2. The van der Waals surface area contributed by atoms with Crippen LogP contribution in [0.4, 0.5) is 0 Å². The second-order valence-electron chi connectivity index (χ2n) is 8.63. The minimum Gasteiger partial charge on any atom is -0.480 e. The quantitative estimate of drug-likeness (QED) is 0.171. The lowest BCUT2D eigenvalue weighted by Gasteiger charge is -2.27. The number of rotatable bonds is 13. The molecule has 1 aromatic heterocycles. The maximum absolute atomic E-state index is 13.1. The molecule has 0 bridgehead atoms. The Morgan fingerprint density at radius 2 is 1.85 bits per heavy atom. The highest BCUT2D eigenvalue weighted by Gasteiger charge is 2.33. The molecule has 0 aromatic carbocycles. The van der Waals surface area contributed by atoms with E-state index in [2.05, 4.69) is 31.2 Å². The summed E-state index contributed by atoms with van der Waals surface area (Å²) in [6, 6.07) is -3.81. The largest absolute Gasteiger partial charge is 0.480 e. The molecule has 13 heteroatoms. The van der Waals surface area contributed by atoms with Crippen molar-refractivity contribution in [2.45, 2.75) is 70.1 Å². The summed E-state index contributed by atoms with van der Waals surface area (Å²) in [6.45, 7) is 4.26. The van der Waals surface area contributed by atoms with Crippen LogP contribution in [0.1, 0.15) is 45.2 Å². The van der Waals surface area contributed by atoms with Gasteiger partial charge in [0.05, 0.1) is 12.4 Å². The van der Waals surface area contributed by atoms with Gasteiger partial charge in [0.2, 0.25) is 23.6 Å². The SMILES string of the molecule is CC(C)C(NC(=O)C1CCCN1)C(=O)NC(Cc1cnc[nH]1)C(=O)NC(CCC(N)=O)C(=O)O. The molecule has 1 aromatic rings. The fraction of sp³-hybridized carbons (Fsp3) is 0.619. The first kappa shape index (κ1) is 26.8. The molecule has 2 heterocycles. The smallest absolute Gasteiger partial charge is 0.326 e. The Morgan fingerprint density at radius 3 is 2.38 bits per heavy atom. The van der Waals surface area contributed by atoms with E-state index in [0.29, 0.717) is 12.1 Å². The number of aliphatic carboxylic acids is 1. The number of amides is 4. The topological polar surface area (TPSA) is 208 Å². The average molecular weight is 480 g/mol. The number of aromatic nitrogens is 2. The summed E-state index contributed by atoms with van der Waals surface area (Å²) in [5.41, 5.74) is 5.61. The molecule has 0 spiro atoms. The number of hydrogen-bond donors (Lipinski definition) is 7. The summed E-state index contributed by atoms with van der Waals surface area (Å²) in [7, 11) is 0. The van der Waals surface area contributed by atoms with Gasteiger partial charge in [-0.3, -0.25) is 19.2 Å². The summed E-state index contributed by atoms with van der Waals surface area (Å²) in [6.07, 6.45) is 4.00. The van der Waals surface area contributed by atoms with Crippen molar-refractivity contribution in [2.75, 3.05) is 6.54 Å². The Bertz CT molecular complexity index is 867. The second kappa shape index (κ2) is 12.7. The number of imidazole rings is 1. The average Bonchev–Trinajstić information content (AvgIpc) is 3.47. The van der Waals surface area contributed by atoms with Crippen molar-refractivity contribution in [3.8, 4) is 0 Å². The van der Waals surface area contributed by atoms with Crippen LogP contribution < -0.4 is 27.0 Å². The molecule has 4 unspecified atom stereocenters. The second-order valence-corrected chi connectivity index (χ2v) is 8.63. The van der Waals surface area contributed by atoms with Crippen LogP contribution in [-0.2, 0) is 30.4 Å². The van der Waals surface area contributed by atoms with Crippen LogP contribution in [0.15, 0.2) is 12.5 Å². The van der Waals surface area contributed by atoms with Crippen molar-refractivity contribution in [2.24, 2.45) is 11.7 Å². The van der Waals surface area contributed by atoms with E-state index in [4.69, 9.17) is 5.73 Å². The monoisotopic (exact) mass is 479 g/mol. The number of nitrogens with two attached hydrogens (primary N) is 1. The molecular formula is C21H33N7O6. The predicted octanol–water partition coefficient (Wildman–Crippen LogP) is -1.84. The van der Waals surface area contributed by atoms with Crippen LogP contribution in [0.2, 0.25) is 0 Å². The Kier molecular flexibility index (Phi) is 9.98. The van der Waals surface area contributed by atoms with E-state index >= 15 is 0 Å². The Balaban J connectivity index is 2.13. The summed E-state index contributed by atoms with van der Waals surface area (Å²) in [4.78, 5) is 67.9. The third-order valence-corrected chi connectivity index (χ3v) is 5.53. The summed E-state index contributed by atoms with van der Waals surface area (Å²) < 4.78 is 0. The third kappa shape index (κ3) is 8.14. The van der Waals surface area contributed by atoms with Gasteiger partial charge in [0, 0.05) is 24.7 Å². The number of carbonyl (C=O) groups excluding carboxylic acids is 4. The molecule has 1 aliphatic heterocycles. The van der Waals surface area contributed by atoms with Crippen molar-refractivity contribution >= 4 is 29.6 Å². The fourth-order valence-electron chi connectivity index (χ4n) is 3.60. The number of carboxylic acids is 1. The van der Waals surface area contributed by atoms with Crippen LogP contribution in [0.5, 0.6) is 0 Å². The van der Waals surface area contributed by atoms with Crippen LogP contribution in [0.3, 0.4) is 0 Å². The van der Waals surface area contributed by atoms with E-state index in [1.165, 1.54) is 12.5 Å². The normalized spacial score (nSPS) is 18.0. The molecule has 13 nitrogen and oxygen atoms in total. The maximum atomic E-state index is 13.1. The zero-order chi connectivity index (χ0) is 25.3. The number of nitrogens with zero attached hydrogens (tertiary/aromatic N) is 1. The summed E-state index contributed by atoms with van der Waals surface area (Å²) in [5.74, 6) is -3.94. The molecule has 4 amide bonds. The standard InChI is InChI=1S/C21H33N7O6/c1-11(2)17(28-18(30)13-4-3-7-24-13)20(32)27-15(8-12-9-23-10-25-12)19(31)26-14(21(33)34)5-6-16(22)29/h9-11,13-15,17,24H,3-8H2,1-2H3,(H2,22,29)(H,23,25)(H,26,31)(H,27,32)(H,28,30)(H,33,34). The van der Waals surface area contributed by atoms with Gasteiger partial charge < -0.3 is 37.1 Å². The lowest BCUT2D eigenvalue weighted by Crippen LogP contribution is -2.58. The van der Waals surface area contributed by atoms with E-state index in [1.807, 2.05) is 0 Å².